The third kappa shape index (κ3) is 6.45. The number of rotatable bonds is 7. The molecule has 9 nitrogen and oxygen atoms in total. The van der Waals surface area contributed by atoms with Crippen LogP contribution in [0.25, 0.3) is 0 Å². The Hall–Kier alpha value is -2.45. The number of H-pyrrole nitrogens is 1. The Morgan fingerprint density at radius 3 is 2.52 bits per heavy atom. The largest absolute Gasteiger partial charge is 0.493 e. The maximum absolute atomic E-state index is 11.5. The molecule has 0 atom stereocenters. The lowest BCUT2D eigenvalue weighted by atomic mass is 10.2. The van der Waals surface area contributed by atoms with Gasteiger partial charge >= 0.3 is 17.8 Å². The van der Waals surface area contributed by atoms with Gasteiger partial charge in [0.05, 0.1) is 5.69 Å². The number of hydrogen-bond donors (Lipinski definition) is 4. The molecule has 0 bridgehead atoms. The van der Waals surface area contributed by atoms with Crippen molar-refractivity contribution in [2.75, 3.05) is 6.54 Å². The molecule has 0 aliphatic heterocycles. The number of carbonyl (C=O) groups is 2. The highest BCUT2D eigenvalue weighted by Crippen LogP contribution is 2.15. The van der Waals surface area contributed by atoms with E-state index in [4.69, 9.17) is 9.84 Å². The van der Waals surface area contributed by atoms with Crippen LogP contribution in [0.2, 0.25) is 0 Å². The lowest BCUT2D eigenvalue weighted by Gasteiger charge is -2.19. The van der Waals surface area contributed by atoms with Crippen LogP contribution in [0.5, 0.6) is 5.88 Å². The second-order valence-corrected chi connectivity index (χ2v) is 6.10. The molecule has 0 saturated heterocycles. The van der Waals surface area contributed by atoms with Gasteiger partial charge in [-0.25, -0.2) is 9.59 Å². The van der Waals surface area contributed by atoms with Crippen molar-refractivity contribution in [2.24, 2.45) is 0 Å². The molecular weight excluding hydrogens is 306 g/mol. The summed E-state index contributed by atoms with van der Waals surface area (Å²) in [6.07, 6.45) is 1.08. The maximum Gasteiger partial charge on any atom is 0.407 e. The molecule has 4 N–H and O–H groups in total. The predicted molar refractivity (Wildman–Crippen MR) is 81.5 cm³/mol. The fourth-order valence-corrected chi connectivity index (χ4v) is 1.90. The third-order valence-corrected chi connectivity index (χ3v) is 2.84. The van der Waals surface area contributed by atoms with E-state index < -0.39 is 29.9 Å². The minimum atomic E-state index is -1.21. The van der Waals surface area contributed by atoms with Crippen molar-refractivity contribution >= 4 is 12.1 Å². The first kappa shape index (κ1) is 18.6. The molecule has 23 heavy (non-hydrogen) atoms. The van der Waals surface area contributed by atoms with Gasteiger partial charge in [0.15, 0.2) is 0 Å². The van der Waals surface area contributed by atoms with Crippen molar-refractivity contribution in [3.8, 4) is 5.88 Å². The van der Waals surface area contributed by atoms with Crippen molar-refractivity contribution in [1.82, 2.24) is 14.9 Å². The zero-order valence-corrected chi connectivity index (χ0v) is 13.5. The molecular formula is C14H23N3O6. The van der Waals surface area contributed by atoms with Gasteiger partial charge in [0.2, 0.25) is 5.88 Å². The summed E-state index contributed by atoms with van der Waals surface area (Å²) in [6, 6.07) is 0. The number of unbranched alkanes of at least 4 members (excludes halogenated alkanes) is 1. The number of imidazole rings is 1. The SMILES string of the molecule is CC(C)(C)OC(=O)NCCCCc1[nH]c(=O)n(CC(=O)O)c1O. The molecule has 0 unspecified atom stereocenters. The van der Waals surface area contributed by atoms with Crippen LogP contribution >= 0.6 is 0 Å². The number of nitrogens with zero attached hydrogens (tertiary/aromatic N) is 1. The molecule has 1 rings (SSSR count). The highest BCUT2D eigenvalue weighted by Gasteiger charge is 2.16. The standard InChI is InChI=1S/C14H23N3O6/c1-14(2,3)23-13(22)15-7-5-4-6-9-11(20)17(8-10(18)19)12(21)16-9/h20H,4-8H2,1-3H3,(H,15,22)(H,16,21)(H,18,19). The Morgan fingerprint density at radius 1 is 1.30 bits per heavy atom. The second-order valence-electron chi connectivity index (χ2n) is 6.10. The monoisotopic (exact) mass is 329 g/mol. The molecule has 1 heterocycles. The van der Waals surface area contributed by atoms with Gasteiger partial charge in [-0.2, -0.15) is 0 Å². The number of aryl methyl sites for hydroxylation is 1. The zero-order valence-electron chi connectivity index (χ0n) is 13.5. The molecule has 0 radical (unpaired) electrons. The quantitative estimate of drug-likeness (QED) is 0.547. The van der Waals surface area contributed by atoms with Gasteiger partial charge in [-0.1, -0.05) is 0 Å². The van der Waals surface area contributed by atoms with E-state index in [2.05, 4.69) is 10.3 Å². The molecule has 130 valence electrons. The van der Waals surface area contributed by atoms with Gasteiger partial charge in [-0.15, -0.1) is 0 Å². The first-order valence-electron chi connectivity index (χ1n) is 7.29. The van der Waals surface area contributed by atoms with Crippen molar-refractivity contribution in [3.63, 3.8) is 0 Å². The predicted octanol–water partition coefficient (Wildman–Crippen LogP) is 0.814. The first-order chi connectivity index (χ1) is 10.6. The zero-order chi connectivity index (χ0) is 17.6. The molecule has 1 aromatic heterocycles. The average molecular weight is 329 g/mol. The van der Waals surface area contributed by atoms with E-state index in [0.717, 1.165) is 4.57 Å². The van der Waals surface area contributed by atoms with Gasteiger partial charge in [-0.3, -0.25) is 9.36 Å². The highest BCUT2D eigenvalue weighted by molar-refractivity contribution is 5.67. The van der Waals surface area contributed by atoms with Crippen LogP contribution in [0.3, 0.4) is 0 Å². The number of nitrogens with one attached hydrogen (secondary N) is 2. The number of carboxylic acids is 1. The van der Waals surface area contributed by atoms with Crippen molar-refractivity contribution in [1.29, 1.82) is 0 Å². The molecule has 1 aromatic rings. The molecule has 0 fully saturated rings. The summed E-state index contributed by atoms with van der Waals surface area (Å²) in [5.74, 6) is -1.58. The second kappa shape index (κ2) is 7.70. The smallest absolute Gasteiger partial charge is 0.407 e. The fraction of sp³-hybridized carbons (Fsp3) is 0.643. The number of hydrogen-bond acceptors (Lipinski definition) is 5. The van der Waals surface area contributed by atoms with Crippen molar-refractivity contribution in [2.45, 2.75) is 52.2 Å². The lowest BCUT2D eigenvalue weighted by Crippen LogP contribution is -2.33. The first-order valence-corrected chi connectivity index (χ1v) is 7.29. The van der Waals surface area contributed by atoms with Gasteiger partial charge in [0, 0.05) is 6.54 Å². The molecule has 9 heteroatoms. The van der Waals surface area contributed by atoms with E-state index >= 15 is 0 Å². The molecule has 1 amide bonds. The number of amides is 1. The van der Waals surface area contributed by atoms with Crippen LogP contribution < -0.4 is 11.0 Å². The maximum atomic E-state index is 11.5. The Balaban J connectivity index is 2.38. The van der Waals surface area contributed by atoms with Crippen LogP contribution in [0.4, 0.5) is 4.79 Å². The molecule has 0 aliphatic rings. The van der Waals surface area contributed by atoms with Crippen molar-refractivity contribution < 1.29 is 24.5 Å². The summed E-state index contributed by atoms with van der Waals surface area (Å²) in [5, 5.41) is 21.1. The number of alkyl carbamates (subject to hydrolysis) is 1. The van der Waals surface area contributed by atoms with Crippen molar-refractivity contribution in [3.05, 3.63) is 16.2 Å². The topological polar surface area (TPSA) is 134 Å². The van der Waals surface area contributed by atoms with E-state index in [-0.39, 0.29) is 11.6 Å². The highest BCUT2D eigenvalue weighted by atomic mass is 16.6. The van der Waals surface area contributed by atoms with E-state index in [9.17, 15) is 19.5 Å². The van der Waals surface area contributed by atoms with E-state index in [1.54, 1.807) is 20.8 Å². The number of aromatic amines is 1. The van der Waals surface area contributed by atoms with Gasteiger partial charge in [0.25, 0.3) is 0 Å². The van der Waals surface area contributed by atoms with Crippen LogP contribution in [-0.2, 0) is 22.5 Å². The van der Waals surface area contributed by atoms with Crippen LogP contribution in [-0.4, -0.2) is 44.0 Å². The van der Waals surface area contributed by atoms with Gasteiger partial charge in [0.1, 0.15) is 12.1 Å². The number of carboxylic acid groups (broad SMARTS) is 1. The number of aromatic hydroxyl groups is 1. The van der Waals surface area contributed by atoms with Crippen LogP contribution in [0.15, 0.2) is 4.79 Å². The summed E-state index contributed by atoms with van der Waals surface area (Å²) in [7, 11) is 0. The summed E-state index contributed by atoms with van der Waals surface area (Å²) in [5.41, 5.74) is -0.928. The summed E-state index contributed by atoms with van der Waals surface area (Å²) in [4.78, 5) is 36.0. The number of aromatic nitrogens is 2. The molecule has 0 spiro atoms. The lowest BCUT2D eigenvalue weighted by molar-refractivity contribution is -0.137. The van der Waals surface area contributed by atoms with E-state index in [0.29, 0.717) is 25.8 Å². The molecule has 0 aliphatic carbocycles. The normalized spacial score (nSPS) is 11.3. The fourth-order valence-electron chi connectivity index (χ4n) is 1.90. The number of carbonyl (C=O) groups excluding carboxylic acids is 1. The number of aliphatic carboxylic acids is 1. The Labute approximate surface area is 133 Å². The summed E-state index contributed by atoms with van der Waals surface area (Å²) >= 11 is 0. The van der Waals surface area contributed by atoms with Gasteiger partial charge < -0.3 is 25.3 Å². The average Bonchev–Trinajstić information content (AvgIpc) is 2.63. The Bertz CT molecular complexity index is 611. The van der Waals surface area contributed by atoms with Crippen LogP contribution in [0.1, 0.15) is 39.3 Å². The van der Waals surface area contributed by atoms with E-state index in [1.807, 2.05) is 0 Å². The molecule has 0 saturated carbocycles. The summed E-state index contributed by atoms with van der Waals surface area (Å²) in [6.45, 7) is 5.12. The third-order valence-electron chi connectivity index (χ3n) is 2.84. The van der Waals surface area contributed by atoms with Gasteiger partial charge in [-0.05, 0) is 40.0 Å². The summed E-state index contributed by atoms with van der Waals surface area (Å²) < 4.78 is 5.84. The van der Waals surface area contributed by atoms with Crippen LogP contribution in [0, 0.1) is 0 Å². The molecule has 0 aromatic carbocycles. The minimum Gasteiger partial charge on any atom is -0.493 e. The Kier molecular flexibility index (Phi) is 6.23. The number of ether oxygens (including phenoxy) is 1. The van der Waals surface area contributed by atoms with E-state index in [1.165, 1.54) is 0 Å². The Morgan fingerprint density at radius 2 is 1.96 bits per heavy atom. The minimum absolute atomic E-state index is 0.286.